The minimum atomic E-state index is -0.473. The molecule has 32 heavy (non-hydrogen) atoms. The lowest BCUT2D eigenvalue weighted by Gasteiger charge is -2.26. The molecule has 0 bridgehead atoms. The molecule has 6 nitrogen and oxygen atoms in total. The Hall–Kier alpha value is -3.80. The van der Waals surface area contributed by atoms with Crippen LogP contribution in [0.2, 0.25) is 0 Å². The maximum Gasteiger partial charge on any atom is 0.243 e. The van der Waals surface area contributed by atoms with Gasteiger partial charge in [0.1, 0.15) is 13.2 Å². The average Bonchev–Trinajstić information content (AvgIpc) is 2.84. The maximum atomic E-state index is 13.6. The summed E-state index contributed by atoms with van der Waals surface area (Å²) in [5.41, 5.74) is 2.40. The molecular weight excluding hydrogens is 404 g/mol. The molecule has 1 N–H and O–H groups in total. The Labute approximate surface area is 187 Å². The molecule has 0 unspecified atom stereocenters. The van der Waals surface area contributed by atoms with Gasteiger partial charge in [-0.15, -0.1) is 0 Å². The van der Waals surface area contributed by atoms with Crippen molar-refractivity contribution in [2.45, 2.75) is 12.8 Å². The van der Waals surface area contributed by atoms with Crippen LogP contribution in [0.5, 0.6) is 11.5 Å². The van der Waals surface area contributed by atoms with Crippen LogP contribution in [0, 0.1) is 0 Å². The van der Waals surface area contributed by atoms with Gasteiger partial charge in [0, 0.05) is 18.3 Å². The fourth-order valence-corrected chi connectivity index (χ4v) is 3.79. The number of hydrogen-bond donors (Lipinski definition) is 1. The van der Waals surface area contributed by atoms with Gasteiger partial charge in [-0.05, 0) is 30.2 Å². The van der Waals surface area contributed by atoms with Gasteiger partial charge in [-0.3, -0.25) is 9.59 Å². The molecule has 1 heterocycles. The van der Waals surface area contributed by atoms with E-state index in [1.807, 2.05) is 67.6 Å². The van der Waals surface area contributed by atoms with Crippen molar-refractivity contribution in [1.29, 1.82) is 0 Å². The number of nitrogens with one attached hydrogen (secondary N) is 1. The smallest absolute Gasteiger partial charge is 0.243 e. The quantitative estimate of drug-likeness (QED) is 0.613. The van der Waals surface area contributed by atoms with Gasteiger partial charge in [0.15, 0.2) is 11.5 Å². The van der Waals surface area contributed by atoms with Crippen LogP contribution in [0.15, 0.2) is 78.9 Å². The highest BCUT2D eigenvalue weighted by Crippen LogP contribution is 2.32. The molecule has 3 aromatic rings. The van der Waals surface area contributed by atoms with E-state index >= 15 is 0 Å². The summed E-state index contributed by atoms with van der Waals surface area (Å²) >= 11 is 0. The van der Waals surface area contributed by atoms with E-state index in [0.29, 0.717) is 36.9 Å². The lowest BCUT2D eigenvalue weighted by atomic mass is 9.90. The fourth-order valence-electron chi connectivity index (χ4n) is 3.79. The summed E-state index contributed by atoms with van der Waals surface area (Å²) in [5, 5.41) is 2.86. The molecule has 1 aliphatic heterocycles. The SMILES string of the molecule is CCN(CC(=O)Nc1ccc2c(c1)OCCO2)C(=O)C(c1ccccc1)c1ccccc1. The Bertz CT molecular complexity index is 1030. The Morgan fingerprint density at radius 1 is 0.875 bits per heavy atom. The lowest BCUT2D eigenvalue weighted by molar-refractivity contribution is -0.135. The molecule has 0 aromatic heterocycles. The van der Waals surface area contributed by atoms with Gasteiger partial charge in [0.25, 0.3) is 0 Å². The number of likely N-dealkylation sites (N-methyl/N-ethyl adjacent to an activating group) is 1. The Morgan fingerprint density at radius 3 is 2.06 bits per heavy atom. The lowest BCUT2D eigenvalue weighted by Crippen LogP contribution is -2.40. The Balaban J connectivity index is 1.50. The van der Waals surface area contributed by atoms with E-state index in [-0.39, 0.29) is 18.4 Å². The van der Waals surface area contributed by atoms with Crippen LogP contribution in [0.3, 0.4) is 0 Å². The zero-order valence-electron chi connectivity index (χ0n) is 18.0. The molecule has 0 atom stereocenters. The summed E-state index contributed by atoms with van der Waals surface area (Å²) in [4.78, 5) is 27.9. The number of carbonyl (C=O) groups excluding carboxylic acids is 2. The van der Waals surface area contributed by atoms with Crippen LogP contribution < -0.4 is 14.8 Å². The number of ether oxygens (including phenoxy) is 2. The number of nitrogens with zero attached hydrogens (tertiary/aromatic N) is 1. The summed E-state index contributed by atoms with van der Waals surface area (Å²) in [6.45, 7) is 3.24. The molecule has 6 heteroatoms. The fraction of sp³-hybridized carbons (Fsp3) is 0.231. The zero-order valence-corrected chi connectivity index (χ0v) is 18.0. The van der Waals surface area contributed by atoms with E-state index in [1.54, 1.807) is 23.1 Å². The van der Waals surface area contributed by atoms with Crippen molar-refractivity contribution < 1.29 is 19.1 Å². The second-order valence-electron chi connectivity index (χ2n) is 7.51. The summed E-state index contributed by atoms with van der Waals surface area (Å²) < 4.78 is 11.1. The highest BCUT2D eigenvalue weighted by Gasteiger charge is 2.28. The number of rotatable bonds is 7. The van der Waals surface area contributed by atoms with Crippen LogP contribution in [-0.4, -0.2) is 43.0 Å². The van der Waals surface area contributed by atoms with E-state index in [4.69, 9.17) is 9.47 Å². The summed E-state index contributed by atoms with van der Waals surface area (Å²) in [6, 6.07) is 24.6. The average molecular weight is 431 g/mol. The van der Waals surface area contributed by atoms with Crippen molar-refractivity contribution in [3.63, 3.8) is 0 Å². The molecule has 3 aromatic carbocycles. The predicted octanol–water partition coefficient (Wildman–Crippen LogP) is 4.08. The first-order valence-corrected chi connectivity index (χ1v) is 10.7. The van der Waals surface area contributed by atoms with Crippen molar-refractivity contribution in [3.05, 3.63) is 90.0 Å². The molecule has 0 aliphatic carbocycles. The monoisotopic (exact) mass is 430 g/mol. The Kier molecular flexibility index (Phi) is 6.70. The van der Waals surface area contributed by atoms with Crippen molar-refractivity contribution in [2.24, 2.45) is 0 Å². The zero-order chi connectivity index (χ0) is 22.3. The third-order valence-corrected chi connectivity index (χ3v) is 5.37. The molecular formula is C26H26N2O4. The highest BCUT2D eigenvalue weighted by atomic mass is 16.6. The van der Waals surface area contributed by atoms with Crippen molar-refractivity contribution in [1.82, 2.24) is 4.90 Å². The van der Waals surface area contributed by atoms with Gasteiger partial charge in [-0.25, -0.2) is 0 Å². The van der Waals surface area contributed by atoms with Crippen molar-refractivity contribution in [3.8, 4) is 11.5 Å². The molecule has 2 amide bonds. The molecule has 0 saturated heterocycles. The second-order valence-corrected chi connectivity index (χ2v) is 7.51. The van der Waals surface area contributed by atoms with Gasteiger partial charge in [-0.2, -0.15) is 0 Å². The molecule has 0 fully saturated rings. The van der Waals surface area contributed by atoms with Crippen LogP contribution in [-0.2, 0) is 9.59 Å². The number of amides is 2. The van der Waals surface area contributed by atoms with Crippen LogP contribution in [0.1, 0.15) is 24.0 Å². The van der Waals surface area contributed by atoms with E-state index < -0.39 is 5.92 Å². The van der Waals surface area contributed by atoms with Crippen molar-refractivity contribution in [2.75, 3.05) is 31.6 Å². The van der Waals surface area contributed by atoms with Gasteiger partial charge in [-0.1, -0.05) is 60.7 Å². The molecule has 4 rings (SSSR count). The minimum absolute atomic E-state index is 0.0417. The maximum absolute atomic E-state index is 13.6. The standard InChI is InChI=1S/C26H26N2O4/c1-2-28(18-24(29)27-21-13-14-22-23(17-21)32-16-15-31-22)26(30)25(19-9-5-3-6-10-19)20-11-7-4-8-12-20/h3-14,17,25H,2,15-16,18H2,1H3,(H,27,29). The number of anilines is 1. The largest absolute Gasteiger partial charge is 0.486 e. The third-order valence-electron chi connectivity index (χ3n) is 5.37. The minimum Gasteiger partial charge on any atom is -0.486 e. The molecule has 0 radical (unpaired) electrons. The van der Waals surface area contributed by atoms with Gasteiger partial charge in [0.05, 0.1) is 12.5 Å². The van der Waals surface area contributed by atoms with E-state index in [0.717, 1.165) is 11.1 Å². The number of benzene rings is 3. The van der Waals surface area contributed by atoms with E-state index in [2.05, 4.69) is 5.32 Å². The van der Waals surface area contributed by atoms with Gasteiger partial charge >= 0.3 is 0 Å². The highest BCUT2D eigenvalue weighted by molar-refractivity contribution is 5.96. The molecule has 0 saturated carbocycles. The Morgan fingerprint density at radius 2 is 1.47 bits per heavy atom. The van der Waals surface area contributed by atoms with E-state index in [1.165, 1.54) is 0 Å². The summed E-state index contributed by atoms with van der Waals surface area (Å²) in [5.74, 6) is 0.414. The number of carbonyl (C=O) groups is 2. The van der Waals surface area contributed by atoms with Gasteiger partial charge < -0.3 is 19.7 Å². The molecule has 0 spiro atoms. The number of hydrogen-bond acceptors (Lipinski definition) is 4. The topological polar surface area (TPSA) is 67.9 Å². The normalized spacial score (nSPS) is 12.3. The molecule has 1 aliphatic rings. The first kappa shape index (κ1) is 21.4. The van der Waals surface area contributed by atoms with Crippen molar-refractivity contribution >= 4 is 17.5 Å². The first-order chi connectivity index (χ1) is 15.7. The van der Waals surface area contributed by atoms with Gasteiger partial charge in [0.2, 0.25) is 11.8 Å². The van der Waals surface area contributed by atoms with Crippen LogP contribution in [0.25, 0.3) is 0 Å². The van der Waals surface area contributed by atoms with Crippen LogP contribution in [0.4, 0.5) is 5.69 Å². The predicted molar refractivity (Wildman–Crippen MR) is 123 cm³/mol. The molecule has 164 valence electrons. The van der Waals surface area contributed by atoms with Crippen LogP contribution >= 0.6 is 0 Å². The summed E-state index contributed by atoms with van der Waals surface area (Å²) in [6.07, 6.45) is 0. The second kappa shape index (κ2) is 10.0. The first-order valence-electron chi connectivity index (χ1n) is 10.7. The third kappa shape index (κ3) is 4.91. The number of fused-ring (bicyclic) bond motifs is 1. The summed E-state index contributed by atoms with van der Waals surface area (Å²) in [7, 11) is 0. The van der Waals surface area contributed by atoms with E-state index in [9.17, 15) is 9.59 Å².